The van der Waals surface area contributed by atoms with Gasteiger partial charge in [0.1, 0.15) is 5.75 Å². The number of hydrazone groups is 1. The number of hydrogen-bond acceptors (Lipinski definition) is 5. The summed E-state index contributed by atoms with van der Waals surface area (Å²) in [5, 5.41) is 14.4. The van der Waals surface area contributed by atoms with Crippen molar-refractivity contribution in [2.75, 3.05) is 5.43 Å². The molecule has 4 N–H and O–H groups in total. The third-order valence-corrected chi connectivity index (χ3v) is 3.44. The summed E-state index contributed by atoms with van der Waals surface area (Å²) in [6.07, 6.45) is 2.87. The van der Waals surface area contributed by atoms with Gasteiger partial charge in [-0.25, -0.2) is 0 Å². The molecule has 0 aliphatic heterocycles. The van der Waals surface area contributed by atoms with E-state index >= 15 is 0 Å². The van der Waals surface area contributed by atoms with Crippen LogP contribution in [0.5, 0.6) is 5.75 Å². The van der Waals surface area contributed by atoms with E-state index in [4.69, 9.17) is 28.9 Å². The predicted molar refractivity (Wildman–Crippen MR) is 86.7 cm³/mol. The van der Waals surface area contributed by atoms with Crippen LogP contribution in [0.1, 0.15) is 22.8 Å². The van der Waals surface area contributed by atoms with Crippen LogP contribution in [0.15, 0.2) is 35.7 Å². The van der Waals surface area contributed by atoms with Crippen LogP contribution in [0, 0.1) is 0 Å². The molecule has 114 valence electrons. The first kappa shape index (κ1) is 16.1. The zero-order chi connectivity index (χ0) is 16.3. The minimum absolute atomic E-state index is 0.0204. The van der Waals surface area contributed by atoms with Gasteiger partial charge in [-0.3, -0.25) is 15.2 Å². The van der Waals surface area contributed by atoms with Gasteiger partial charge in [0.2, 0.25) is 0 Å². The number of aromatic hydroxyl groups is 1. The Morgan fingerprint density at radius 2 is 1.95 bits per heavy atom. The van der Waals surface area contributed by atoms with E-state index < -0.39 is 5.91 Å². The van der Waals surface area contributed by atoms with Gasteiger partial charge < -0.3 is 10.8 Å². The topological polar surface area (TPSA) is 101 Å². The molecule has 0 saturated carbocycles. The molecule has 0 aliphatic carbocycles. The Balaban J connectivity index is 2.30. The highest BCUT2D eigenvalue weighted by Gasteiger charge is 2.10. The molecule has 0 atom stereocenters. The number of rotatable bonds is 4. The zero-order valence-corrected chi connectivity index (χ0v) is 13.0. The van der Waals surface area contributed by atoms with E-state index in [-0.39, 0.29) is 11.3 Å². The average molecular weight is 339 g/mol. The van der Waals surface area contributed by atoms with Crippen LogP contribution >= 0.6 is 23.2 Å². The van der Waals surface area contributed by atoms with Gasteiger partial charge in [0, 0.05) is 12.4 Å². The van der Waals surface area contributed by atoms with E-state index in [9.17, 15) is 9.90 Å². The number of primary amides is 1. The third-order valence-electron chi connectivity index (χ3n) is 2.87. The number of amides is 1. The molecule has 0 radical (unpaired) electrons. The Bertz CT molecular complexity index is 742. The molecule has 1 aromatic carbocycles. The first-order valence-corrected chi connectivity index (χ1v) is 6.88. The Morgan fingerprint density at radius 3 is 2.55 bits per heavy atom. The first-order chi connectivity index (χ1) is 10.4. The number of benzene rings is 1. The lowest BCUT2D eigenvalue weighted by Crippen LogP contribution is -2.12. The van der Waals surface area contributed by atoms with Crippen LogP contribution in [0.3, 0.4) is 0 Å². The Hall–Kier alpha value is -2.31. The maximum Gasteiger partial charge on any atom is 0.252 e. The number of carbonyl (C=O) groups is 1. The highest BCUT2D eigenvalue weighted by Crippen LogP contribution is 2.28. The van der Waals surface area contributed by atoms with Crippen LogP contribution in [-0.4, -0.2) is 21.7 Å². The number of nitrogens with one attached hydrogen (secondary N) is 1. The SMILES string of the molecule is C/C(=N/Nc1c(Cl)cncc1Cl)c1ccc(O)c(C(N)=O)c1. The van der Waals surface area contributed by atoms with Crippen LogP contribution in [0.2, 0.25) is 10.0 Å². The number of hydrogen-bond donors (Lipinski definition) is 3. The quantitative estimate of drug-likeness (QED) is 0.589. The summed E-state index contributed by atoms with van der Waals surface area (Å²) in [4.78, 5) is 15.1. The number of anilines is 1. The second kappa shape index (κ2) is 6.64. The first-order valence-electron chi connectivity index (χ1n) is 6.12. The Morgan fingerprint density at radius 1 is 1.32 bits per heavy atom. The molecule has 8 heteroatoms. The van der Waals surface area contributed by atoms with E-state index in [0.717, 1.165) is 0 Å². The maximum atomic E-state index is 11.2. The summed E-state index contributed by atoms with van der Waals surface area (Å²) in [6, 6.07) is 4.44. The molecular formula is C14H12Cl2N4O2. The molecule has 1 aromatic heterocycles. The number of aromatic nitrogens is 1. The second-order valence-electron chi connectivity index (χ2n) is 4.38. The molecule has 2 aromatic rings. The minimum atomic E-state index is -0.722. The van der Waals surface area contributed by atoms with Crippen LogP contribution in [-0.2, 0) is 0 Å². The summed E-state index contributed by atoms with van der Waals surface area (Å²) in [7, 11) is 0. The highest BCUT2D eigenvalue weighted by molar-refractivity contribution is 6.38. The van der Waals surface area contributed by atoms with Crippen molar-refractivity contribution < 1.29 is 9.90 Å². The van der Waals surface area contributed by atoms with Gasteiger partial charge in [-0.05, 0) is 30.7 Å². The minimum Gasteiger partial charge on any atom is -0.507 e. The Labute approximate surface area is 136 Å². The largest absolute Gasteiger partial charge is 0.507 e. The van der Waals surface area contributed by atoms with E-state index in [1.165, 1.54) is 24.5 Å². The number of phenols is 1. The number of pyridine rings is 1. The van der Waals surface area contributed by atoms with Gasteiger partial charge in [-0.1, -0.05) is 23.2 Å². The van der Waals surface area contributed by atoms with E-state index in [0.29, 0.717) is 27.0 Å². The highest BCUT2D eigenvalue weighted by atomic mass is 35.5. The maximum absolute atomic E-state index is 11.2. The van der Waals surface area contributed by atoms with Gasteiger partial charge in [0.05, 0.1) is 27.0 Å². The second-order valence-corrected chi connectivity index (χ2v) is 5.20. The molecule has 0 aliphatic rings. The lowest BCUT2D eigenvalue weighted by Gasteiger charge is -2.08. The number of nitrogens with two attached hydrogens (primary N) is 1. The van der Waals surface area contributed by atoms with E-state index in [1.807, 2.05) is 0 Å². The van der Waals surface area contributed by atoms with Crippen molar-refractivity contribution in [2.45, 2.75) is 6.92 Å². The van der Waals surface area contributed by atoms with Gasteiger partial charge >= 0.3 is 0 Å². The van der Waals surface area contributed by atoms with Crippen LogP contribution in [0.25, 0.3) is 0 Å². The van der Waals surface area contributed by atoms with E-state index in [2.05, 4.69) is 15.5 Å². The smallest absolute Gasteiger partial charge is 0.252 e. The molecule has 2 rings (SSSR count). The van der Waals surface area contributed by atoms with Gasteiger partial charge in [0.15, 0.2) is 0 Å². The Kier molecular flexibility index (Phi) is 4.85. The lowest BCUT2D eigenvalue weighted by atomic mass is 10.1. The van der Waals surface area contributed by atoms with E-state index in [1.54, 1.807) is 13.0 Å². The normalized spacial score (nSPS) is 11.3. The van der Waals surface area contributed by atoms with Crippen LogP contribution < -0.4 is 11.2 Å². The fourth-order valence-electron chi connectivity index (χ4n) is 1.68. The predicted octanol–water partition coefficient (Wildman–Crippen LogP) is 3.03. The molecule has 0 saturated heterocycles. The molecule has 22 heavy (non-hydrogen) atoms. The standard InChI is InChI=1S/C14H12Cl2N4O2/c1-7(8-2-3-12(21)9(4-8)14(17)22)19-20-13-10(15)5-18-6-11(13)16/h2-6,21H,1H3,(H2,17,22)(H,18,20)/b19-7-. The van der Waals surface area contributed by atoms with Crippen molar-refractivity contribution in [2.24, 2.45) is 10.8 Å². The molecule has 6 nitrogen and oxygen atoms in total. The molecular weight excluding hydrogens is 327 g/mol. The van der Waals surface area contributed by atoms with Crippen molar-refractivity contribution >= 4 is 40.5 Å². The number of carbonyl (C=O) groups excluding carboxylic acids is 1. The van der Waals surface area contributed by atoms with Crippen LogP contribution in [0.4, 0.5) is 5.69 Å². The summed E-state index contributed by atoms with van der Waals surface area (Å²) in [5.41, 5.74) is 9.54. The number of halogens is 2. The molecule has 0 fully saturated rings. The molecule has 0 bridgehead atoms. The average Bonchev–Trinajstić information content (AvgIpc) is 2.46. The molecule has 1 heterocycles. The third kappa shape index (κ3) is 3.47. The van der Waals surface area contributed by atoms with Gasteiger partial charge in [0.25, 0.3) is 5.91 Å². The van der Waals surface area contributed by atoms with Gasteiger partial charge in [-0.15, -0.1) is 0 Å². The molecule has 1 amide bonds. The molecule has 0 spiro atoms. The van der Waals surface area contributed by atoms with Crippen molar-refractivity contribution in [3.05, 3.63) is 51.8 Å². The summed E-state index contributed by atoms with van der Waals surface area (Å²) >= 11 is 11.9. The van der Waals surface area contributed by atoms with Crippen molar-refractivity contribution in [1.82, 2.24) is 4.98 Å². The molecule has 0 unspecified atom stereocenters. The number of nitrogens with zero attached hydrogens (tertiary/aromatic N) is 2. The van der Waals surface area contributed by atoms with Crippen molar-refractivity contribution in [3.8, 4) is 5.75 Å². The fourth-order valence-corrected chi connectivity index (χ4v) is 2.13. The fraction of sp³-hybridized carbons (Fsp3) is 0.0714. The summed E-state index contributed by atoms with van der Waals surface area (Å²) in [5.74, 6) is -0.905. The summed E-state index contributed by atoms with van der Waals surface area (Å²) in [6.45, 7) is 1.72. The van der Waals surface area contributed by atoms with Crippen molar-refractivity contribution in [1.29, 1.82) is 0 Å². The van der Waals surface area contributed by atoms with Gasteiger partial charge in [-0.2, -0.15) is 5.10 Å². The summed E-state index contributed by atoms with van der Waals surface area (Å²) < 4.78 is 0. The monoisotopic (exact) mass is 338 g/mol. The zero-order valence-electron chi connectivity index (χ0n) is 11.5. The lowest BCUT2D eigenvalue weighted by molar-refractivity contribution is 0.0998. The van der Waals surface area contributed by atoms with Crippen molar-refractivity contribution in [3.63, 3.8) is 0 Å².